The molecule has 0 amide bonds. The van der Waals surface area contributed by atoms with Crippen molar-refractivity contribution in [2.75, 3.05) is 0 Å². The van der Waals surface area contributed by atoms with Crippen molar-refractivity contribution in [2.45, 2.75) is 64.3 Å². The van der Waals surface area contributed by atoms with E-state index in [2.05, 4.69) is 39.8 Å². The molecule has 1 nitrogen and oxygen atoms in total. The Kier molecular flexibility index (Phi) is 2.57. The van der Waals surface area contributed by atoms with Gasteiger partial charge in [-0.1, -0.05) is 26.7 Å². The van der Waals surface area contributed by atoms with Crippen LogP contribution in [0.1, 0.15) is 40.0 Å². The second-order valence-corrected chi connectivity index (χ2v) is 11.9. The van der Waals surface area contributed by atoms with Crippen molar-refractivity contribution in [3.63, 3.8) is 0 Å². The summed E-state index contributed by atoms with van der Waals surface area (Å²) in [5.41, 5.74) is 0.243. The maximum atomic E-state index is 6.43. The fourth-order valence-corrected chi connectivity index (χ4v) is 4.03. The highest BCUT2D eigenvalue weighted by molar-refractivity contribution is 6.74. The molecular formula is C14H24OSi. The third-order valence-electron chi connectivity index (χ3n) is 4.93. The first-order chi connectivity index (χ1) is 7.20. The van der Waals surface area contributed by atoms with Gasteiger partial charge in [-0.3, -0.25) is 0 Å². The van der Waals surface area contributed by atoms with Crippen molar-refractivity contribution in [3.05, 3.63) is 0 Å². The molecule has 2 rings (SSSR count). The fourth-order valence-electron chi connectivity index (χ4n) is 2.67. The van der Waals surface area contributed by atoms with Gasteiger partial charge < -0.3 is 4.43 Å². The van der Waals surface area contributed by atoms with Crippen molar-refractivity contribution in [2.24, 2.45) is 11.3 Å². The van der Waals surface area contributed by atoms with Crippen molar-refractivity contribution >= 4 is 8.32 Å². The van der Waals surface area contributed by atoms with Crippen molar-refractivity contribution < 1.29 is 4.43 Å². The van der Waals surface area contributed by atoms with Gasteiger partial charge in [0, 0.05) is 11.5 Å². The number of fused-ring (bicyclic) bond motifs is 1. The summed E-state index contributed by atoms with van der Waals surface area (Å²) < 4.78 is 6.43. The van der Waals surface area contributed by atoms with E-state index in [4.69, 9.17) is 10.8 Å². The summed E-state index contributed by atoms with van der Waals surface area (Å²) in [4.78, 5) is 0. The molecule has 2 unspecified atom stereocenters. The second-order valence-electron chi connectivity index (χ2n) is 7.14. The van der Waals surface area contributed by atoms with E-state index in [1.54, 1.807) is 0 Å². The lowest BCUT2D eigenvalue weighted by Crippen LogP contribution is -2.43. The van der Waals surface area contributed by atoms with Crippen LogP contribution in [-0.2, 0) is 4.43 Å². The van der Waals surface area contributed by atoms with Crippen LogP contribution in [0.4, 0.5) is 0 Å². The normalized spacial score (nSPS) is 38.0. The third kappa shape index (κ3) is 1.85. The smallest absolute Gasteiger partial charge is 0.192 e. The van der Waals surface area contributed by atoms with Gasteiger partial charge in [0.25, 0.3) is 0 Å². The average molecular weight is 236 g/mol. The van der Waals surface area contributed by atoms with E-state index in [9.17, 15) is 0 Å². The Balaban J connectivity index is 1.97. The van der Waals surface area contributed by atoms with Crippen LogP contribution < -0.4 is 0 Å². The second kappa shape index (κ2) is 3.37. The van der Waals surface area contributed by atoms with Crippen LogP contribution in [0.3, 0.4) is 0 Å². The minimum atomic E-state index is -1.59. The molecule has 3 atom stereocenters. The summed E-state index contributed by atoms with van der Waals surface area (Å²) in [6.07, 6.45) is 9.64. The van der Waals surface area contributed by atoms with Crippen molar-refractivity contribution in [1.82, 2.24) is 0 Å². The zero-order chi connectivity index (χ0) is 12.2. The molecule has 0 radical (unpaired) electrons. The van der Waals surface area contributed by atoms with E-state index < -0.39 is 8.32 Å². The van der Waals surface area contributed by atoms with E-state index >= 15 is 0 Å². The molecule has 2 fully saturated rings. The Labute approximate surface area is 101 Å². The first-order valence-electron chi connectivity index (χ1n) is 6.36. The summed E-state index contributed by atoms with van der Waals surface area (Å²) in [7, 11) is -1.59. The van der Waals surface area contributed by atoms with Gasteiger partial charge in [0.1, 0.15) is 0 Å². The molecule has 0 spiro atoms. The van der Waals surface area contributed by atoms with Crippen LogP contribution in [0.15, 0.2) is 0 Å². The average Bonchev–Trinajstić information content (AvgIpc) is 2.67. The predicted molar refractivity (Wildman–Crippen MR) is 70.7 cm³/mol. The predicted octanol–water partition coefficient (Wildman–Crippen LogP) is 3.81. The summed E-state index contributed by atoms with van der Waals surface area (Å²) in [5.74, 6) is 3.77. The number of hydrogen-bond donors (Lipinski definition) is 0. The minimum Gasteiger partial charge on any atom is -0.414 e. The monoisotopic (exact) mass is 236 g/mol. The first-order valence-corrected chi connectivity index (χ1v) is 9.27. The van der Waals surface area contributed by atoms with Crippen LogP contribution in [0.5, 0.6) is 0 Å². The lowest BCUT2D eigenvalue weighted by molar-refractivity contribution is 0.170. The van der Waals surface area contributed by atoms with Gasteiger partial charge in [0.05, 0.1) is 0 Å². The Morgan fingerprint density at radius 2 is 1.94 bits per heavy atom. The molecule has 2 heteroatoms. The molecule has 0 saturated heterocycles. The highest BCUT2D eigenvalue weighted by Gasteiger charge is 2.60. The zero-order valence-corrected chi connectivity index (χ0v) is 12.3. The fraction of sp³-hybridized carbons (Fsp3) is 0.857. The van der Waals surface area contributed by atoms with Gasteiger partial charge >= 0.3 is 0 Å². The molecule has 0 aliphatic heterocycles. The molecule has 16 heavy (non-hydrogen) atoms. The summed E-state index contributed by atoms with van der Waals surface area (Å²) >= 11 is 0. The highest BCUT2D eigenvalue weighted by Crippen LogP contribution is 2.64. The molecule has 90 valence electrons. The van der Waals surface area contributed by atoms with Crippen LogP contribution in [0, 0.1) is 23.7 Å². The first kappa shape index (κ1) is 12.2. The highest BCUT2D eigenvalue weighted by atomic mass is 28.4. The van der Waals surface area contributed by atoms with Gasteiger partial charge in [-0.15, -0.1) is 6.42 Å². The summed E-state index contributed by atoms with van der Waals surface area (Å²) in [6.45, 7) is 11.6. The SMILES string of the molecule is C#C[C@@]12CC(O[Si](C)(C)C(C)(C)C)CC1C2. The Morgan fingerprint density at radius 3 is 2.38 bits per heavy atom. The third-order valence-corrected chi connectivity index (χ3v) is 9.46. The van der Waals surface area contributed by atoms with E-state index in [-0.39, 0.29) is 5.41 Å². The van der Waals surface area contributed by atoms with E-state index in [0.29, 0.717) is 11.1 Å². The zero-order valence-electron chi connectivity index (χ0n) is 11.3. The van der Waals surface area contributed by atoms with E-state index in [1.807, 2.05) is 0 Å². The molecule has 0 aromatic carbocycles. The largest absolute Gasteiger partial charge is 0.414 e. The van der Waals surface area contributed by atoms with Gasteiger partial charge in [-0.25, -0.2) is 0 Å². The van der Waals surface area contributed by atoms with Gasteiger partial charge in [-0.05, 0) is 43.3 Å². The molecule has 0 aromatic heterocycles. The molecule has 2 aliphatic carbocycles. The maximum absolute atomic E-state index is 6.43. The summed E-state index contributed by atoms with van der Waals surface area (Å²) in [5, 5.41) is 0.309. The van der Waals surface area contributed by atoms with Crippen LogP contribution in [0.2, 0.25) is 18.1 Å². The van der Waals surface area contributed by atoms with Gasteiger partial charge in [0.2, 0.25) is 0 Å². The van der Waals surface area contributed by atoms with Crippen LogP contribution in [-0.4, -0.2) is 14.4 Å². The Bertz CT molecular complexity index is 334. The van der Waals surface area contributed by atoms with Crippen LogP contribution in [0.25, 0.3) is 0 Å². The lowest BCUT2D eigenvalue weighted by atomic mass is 10.1. The van der Waals surface area contributed by atoms with Crippen LogP contribution >= 0.6 is 0 Å². The molecule has 0 heterocycles. The van der Waals surface area contributed by atoms with Gasteiger partial charge in [0.15, 0.2) is 8.32 Å². The number of terminal acetylenes is 1. The molecule has 2 saturated carbocycles. The van der Waals surface area contributed by atoms with E-state index in [1.165, 1.54) is 12.8 Å². The maximum Gasteiger partial charge on any atom is 0.192 e. The summed E-state index contributed by atoms with van der Waals surface area (Å²) in [6, 6.07) is 0. The van der Waals surface area contributed by atoms with Gasteiger partial charge in [-0.2, -0.15) is 0 Å². The molecule has 2 aliphatic rings. The quantitative estimate of drug-likeness (QED) is 0.523. The lowest BCUT2D eigenvalue weighted by Gasteiger charge is -2.39. The molecule has 0 aromatic rings. The number of hydrogen-bond acceptors (Lipinski definition) is 1. The standard InChI is InChI=1S/C14H24OSi/c1-7-14-9-11(14)8-12(10-14)15-16(5,6)13(2,3)4/h1,11-12H,8-10H2,2-6H3/t11?,12?,14-/m1/s1. The minimum absolute atomic E-state index is 0.243. The molecule has 0 bridgehead atoms. The van der Waals surface area contributed by atoms with Crippen molar-refractivity contribution in [1.29, 1.82) is 0 Å². The topological polar surface area (TPSA) is 9.23 Å². The van der Waals surface area contributed by atoms with Crippen molar-refractivity contribution in [3.8, 4) is 12.3 Å². The Hall–Kier alpha value is -0.263. The Morgan fingerprint density at radius 1 is 1.31 bits per heavy atom. The van der Waals surface area contributed by atoms with E-state index in [0.717, 1.165) is 12.3 Å². The number of rotatable bonds is 2. The molecule has 0 N–H and O–H groups in total. The molecular weight excluding hydrogens is 212 g/mol.